The van der Waals surface area contributed by atoms with Gasteiger partial charge in [0.05, 0.1) is 11.9 Å². The fourth-order valence-corrected chi connectivity index (χ4v) is 4.07. The van der Waals surface area contributed by atoms with Crippen LogP contribution in [0.25, 0.3) is 10.9 Å². The third-order valence-electron chi connectivity index (χ3n) is 4.39. The molecule has 3 rings (SSSR count). The number of anilines is 1. The molecule has 1 aromatic heterocycles. The number of nitrogens with one attached hydrogen (secondary N) is 2. The lowest BCUT2D eigenvalue weighted by Crippen LogP contribution is -2.14. The molecule has 3 aromatic rings. The highest BCUT2D eigenvalue weighted by Crippen LogP contribution is 2.23. The van der Waals surface area contributed by atoms with Crippen molar-refractivity contribution in [2.24, 2.45) is 0 Å². The fourth-order valence-electron chi connectivity index (χ4n) is 3.24. The van der Waals surface area contributed by atoms with Gasteiger partial charge in [-0.3, -0.25) is 9.59 Å². The van der Waals surface area contributed by atoms with E-state index in [1.807, 2.05) is 30.3 Å². The van der Waals surface area contributed by atoms with Crippen LogP contribution >= 0.6 is 11.8 Å². The number of pyridine rings is 1. The van der Waals surface area contributed by atoms with Crippen molar-refractivity contribution < 1.29 is 4.79 Å². The summed E-state index contributed by atoms with van der Waals surface area (Å²) < 4.78 is 0. The zero-order valence-corrected chi connectivity index (χ0v) is 17.4. The predicted molar refractivity (Wildman–Crippen MR) is 118 cm³/mol. The first-order valence-electron chi connectivity index (χ1n) is 9.66. The number of thioether (sulfide) groups is 1. The third kappa shape index (κ3) is 5.26. The molecule has 1 heterocycles. The van der Waals surface area contributed by atoms with Crippen molar-refractivity contribution in [1.29, 1.82) is 0 Å². The molecule has 2 aromatic carbocycles. The summed E-state index contributed by atoms with van der Waals surface area (Å²) in [4.78, 5) is 28.4. The number of benzene rings is 2. The Balaban J connectivity index is 1.71. The summed E-state index contributed by atoms with van der Waals surface area (Å²) in [6, 6.07) is 15.5. The molecule has 146 valence electrons. The Hall–Kier alpha value is -2.53. The minimum atomic E-state index is -0.112. The number of aromatic nitrogens is 1. The van der Waals surface area contributed by atoms with Gasteiger partial charge in [-0.05, 0) is 41.8 Å². The number of carbonyl (C=O) groups is 1. The number of hydrogen-bond donors (Lipinski definition) is 2. The van der Waals surface area contributed by atoms with E-state index in [2.05, 4.69) is 43.2 Å². The van der Waals surface area contributed by atoms with Crippen molar-refractivity contribution in [3.05, 3.63) is 70.0 Å². The molecule has 28 heavy (non-hydrogen) atoms. The van der Waals surface area contributed by atoms with E-state index in [0.29, 0.717) is 17.4 Å². The molecule has 2 N–H and O–H groups in total. The van der Waals surface area contributed by atoms with Gasteiger partial charge in [-0.1, -0.05) is 45.4 Å². The number of aryl methyl sites for hydroxylation is 1. The Bertz CT molecular complexity index is 1020. The molecule has 5 heteroatoms. The van der Waals surface area contributed by atoms with Crippen molar-refractivity contribution in [3.63, 3.8) is 0 Å². The molecule has 0 radical (unpaired) electrons. The van der Waals surface area contributed by atoms with Crippen molar-refractivity contribution >= 4 is 34.3 Å². The van der Waals surface area contributed by atoms with Crippen LogP contribution in [0.15, 0.2) is 58.2 Å². The van der Waals surface area contributed by atoms with Crippen molar-refractivity contribution in [1.82, 2.24) is 4.98 Å². The van der Waals surface area contributed by atoms with Gasteiger partial charge in [0.25, 0.3) is 0 Å². The Morgan fingerprint density at radius 1 is 1.11 bits per heavy atom. The van der Waals surface area contributed by atoms with E-state index in [0.717, 1.165) is 34.9 Å². The molecule has 4 nitrogen and oxygen atoms in total. The zero-order chi connectivity index (χ0) is 20.1. The van der Waals surface area contributed by atoms with Gasteiger partial charge in [-0.15, -0.1) is 11.8 Å². The number of aromatic amines is 1. The minimum Gasteiger partial charge on any atom is -0.326 e. The summed E-state index contributed by atoms with van der Waals surface area (Å²) in [5.74, 6) is -0.0735. The number of H-pyrrole nitrogens is 1. The van der Waals surface area contributed by atoms with Crippen molar-refractivity contribution in [2.45, 2.75) is 50.2 Å². The van der Waals surface area contributed by atoms with Crippen LogP contribution in [0.2, 0.25) is 0 Å². The highest BCUT2D eigenvalue weighted by molar-refractivity contribution is 7.99. The largest absolute Gasteiger partial charge is 0.326 e. The molecule has 0 bridgehead atoms. The standard InChI is InChI=1S/C23H26N2O2S/c1-4-5-17-13-23(27)25-21-14-18(8-11-20(17)21)24-22(26)12-16-6-9-19(10-7-16)28-15(2)3/h6-11,13-15H,4-5,12H2,1-3H3,(H,24,26)(H,25,27). The van der Waals surface area contributed by atoms with E-state index >= 15 is 0 Å². The molecule has 0 saturated carbocycles. The molecular weight excluding hydrogens is 368 g/mol. The van der Waals surface area contributed by atoms with Crippen LogP contribution in [0.1, 0.15) is 38.3 Å². The summed E-state index contributed by atoms with van der Waals surface area (Å²) in [6.07, 6.45) is 2.15. The molecule has 0 unspecified atom stereocenters. The molecule has 0 saturated heterocycles. The Morgan fingerprint density at radius 2 is 1.86 bits per heavy atom. The highest BCUT2D eigenvalue weighted by atomic mass is 32.2. The third-order valence-corrected chi connectivity index (χ3v) is 5.41. The maximum atomic E-state index is 12.4. The lowest BCUT2D eigenvalue weighted by atomic mass is 10.0. The molecule has 0 fully saturated rings. The van der Waals surface area contributed by atoms with Gasteiger partial charge >= 0.3 is 0 Å². The first-order valence-corrected chi connectivity index (χ1v) is 10.5. The number of hydrogen-bond acceptors (Lipinski definition) is 3. The Kier molecular flexibility index (Phi) is 6.57. The summed E-state index contributed by atoms with van der Waals surface area (Å²) in [5, 5.41) is 4.49. The summed E-state index contributed by atoms with van der Waals surface area (Å²) in [5.41, 5.74) is 3.35. The van der Waals surface area contributed by atoms with Crippen molar-refractivity contribution in [2.75, 3.05) is 5.32 Å². The van der Waals surface area contributed by atoms with E-state index in [9.17, 15) is 9.59 Å². The first-order chi connectivity index (χ1) is 13.4. The number of carbonyl (C=O) groups excluding carboxylic acids is 1. The van der Waals surface area contributed by atoms with E-state index in [1.54, 1.807) is 17.8 Å². The van der Waals surface area contributed by atoms with E-state index < -0.39 is 0 Å². The van der Waals surface area contributed by atoms with Crippen LogP contribution in [-0.2, 0) is 17.6 Å². The first kappa shape index (κ1) is 20.2. The molecule has 0 aliphatic carbocycles. The van der Waals surface area contributed by atoms with Crippen LogP contribution in [0.5, 0.6) is 0 Å². The van der Waals surface area contributed by atoms with Crippen LogP contribution < -0.4 is 10.9 Å². The molecule has 1 amide bonds. The molecule has 0 spiro atoms. The SMILES string of the molecule is CCCc1cc(=O)[nH]c2cc(NC(=O)Cc3ccc(SC(C)C)cc3)ccc12. The quantitative estimate of drug-likeness (QED) is 0.544. The monoisotopic (exact) mass is 394 g/mol. The van der Waals surface area contributed by atoms with Gasteiger partial charge in [0, 0.05) is 27.3 Å². The molecule has 0 aliphatic heterocycles. The zero-order valence-electron chi connectivity index (χ0n) is 16.5. The predicted octanol–water partition coefficient (Wildman–Crippen LogP) is 5.16. The second-order valence-electron chi connectivity index (χ2n) is 7.20. The van der Waals surface area contributed by atoms with Gasteiger partial charge in [0.1, 0.15) is 0 Å². The van der Waals surface area contributed by atoms with Crippen LogP contribution in [0.3, 0.4) is 0 Å². The molecular formula is C23H26N2O2S. The average Bonchev–Trinajstić information content (AvgIpc) is 2.62. The van der Waals surface area contributed by atoms with E-state index in [-0.39, 0.29) is 11.5 Å². The second kappa shape index (κ2) is 9.11. The van der Waals surface area contributed by atoms with E-state index in [4.69, 9.17) is 0 Å². The molecule has 0 atom stereocenters. The minimum absolute atomic E-state index is 0.0735. The smallest absolute Gasteiger partial charge is 0.248 e. The van der Waals surface area contributed by atoms with Gasteiger partial charge in [-0.2, -0.15) is 0 Å². The molecule has 0 aliphatic rings. The van der Waals surface area contributed by atoms with Gasteiger partial charge in [0.15, 0.2) is 0 Å². The maximum absolute atomic E-state index is 12.4. The summed E-state index contributed by atoms with van der Waals surface area (Å²) in [7, 11) is 0. The topological polar surface area (TPSA) is 62.0 Å². The fraction of sp³-hybridized carbons (Fsp3) is 0.304. The van der Waals surface area contributed by atoms with Crippen LogP contribution in [0, 0.1) is 0 Å². The Morgan fingerprint density at radius 3 is 2.54 bits per heavy atom. The summed E-state index contributed by atoms with van der Waals surface area (Å²) in [6.45, 7) is 6.41. The maximum Gasteiger partial charge on any atom is 0.248 e. The normalized spacial score (nSPS) is 11.1. The number of rotatable bonds is 7. The van der Waals surface area contributed by atoms with Gasteiger partial charge < -0.3 is 10.3 Å². The highest BCUT2D eigenvalue weighted by Gasteiger charge is 2.08. The lowest BCUT2D eigenvalue weighted by Gasteiger charge is -2.10. The van der Waals surface area contributed by atoms with Crippen molar-refractivity contribution in [3.8, 4) is 0 Å². The Labute approximate surface area is 169 Å². The number of amides is 1. The van der Waals surface area contributed by atoms with Crippen LogP contribution in [0.4, 0.5) is 5.69 Å². The average molecular weight is 395 g/mol. The number of fused-ring (bicyclic) bond motifs is 1. The van der Waals surface area contributed by atoms with Gasteiger partial charge in [0.2, 0.25) is 11.5 Å². The van der Waals surface area contributed by atoms with E-state index in [1.165, 1.54) is 4.90 Å². The lowest BCUT2D eigenvalue weighted by molar-refractivity contribution is -0.115. The summed E-state index contributed by atoms with van der Waals surface area (Å²) >= 11 is 1.81. The van der Waals surface area contributed by atoms with Crippen LogP contribution in [-0.4, -0.2) is 16.1 Å². The van der Waals surface area contributed by atoms with Gasteiger partial charge in [-0.25, -0.2) is 0 Å². The second-order valence-corrected chi connectivity index (χ2v) is 8.85.